The number of carboxylic acid groups (broad SMARTS) is 1. The molecule has 0 aliphatic carbocycles. The van der Waals surface area contributed by atoms with Gasteiger partial charge >= 0.3 is 5.97 Å². The minimum Gasteiger partial charge on any atom is -0.479 e. The van der Waals surface area contributed by atoms with Crippen LogP contribution in [0.15, 0.2) is 12.1 Å². The minimum atomic E-state index is -1.37. The molecule has 3 nitrogen and oxygen atoms in total. The average molecular weight is 200 g/mol. The van der Waals surface area contributed by atoms with Crippen LogP contribution in [0.5, 0.6) is 0 Å². The largest absolute Gasteiger partial charge is 0.479 e. The first-order valence-electron chi connectivity index (χ1n) is 4.14. The molecule has 2 N–H and O–H groups in total. The van der Waals surface area contributed by atoms with Crippen molar-refractivity contribution in [2.75, 3.05) is 0 Å². The van der Waals surface area contributed by atoms with Gasteiger partial charge in [0, 0.05) is 9.75 Å². The van der Waals surface area contributed by atoms with E-state index >= 15 is 0 Å². The Bertz CT molecular complexity index is 293. The molecule has 0 spiro atoms. The zero-order chi connectivity index (χ0) is 9.84. The Morgan fingerprint density at radius 1 is 1.62 bits per heavy atom. The van der Waals surface area contributed by atoms with Crippen molar-refractivity contribution in [3.05, 3.63) is 21.9 Å². The predicted molar refractivity (Wildman–Crippen MR) is 50.9 cm³/mol. The SMILES string of the molecule is CCCc1ccc(C(O)C(=O)O)s1. The molecule has 0 bridgehead atoms. The highest BCUT2D eigenvalue weighted by Crippen LogP contribution is 2.24. The zero-order valence-corrected chi connectivity index (χ0v) is 8.17. The second-order valence-corrected chi connectivity index (χ2v) is 3.99. The van der Waals surface area contributed by atoms with Crippen LogP contribution in [0.2, 0.25) is 0 Å². The molecule has 0 aliphatic rings. The molecule has 0 saturated carbocycles. The molecule has 0 radical (unpaired) electrons. The van der Waals surface area contributed by atoms with Crippen LogP contribution < -0.4 is 0 Å². The average Bonchev–Trinajstić information content (AvgIpc) is 2.52. The van der Waals surface area contributed by atoms with Crippen molar-refractivity contribution in [1.29, 1.82) is 0 Å². The monoisotopic (exact) mass is 200 g/mol. The van der Waals surface area contributed by atoms with E-state index in [2.05, 4.69) is 6.92 Å². The van der Waals surface area contributed by atoms with Gasteiger partial charge in [0.25, 0.3) is 0 Å². The van der Waals surface area contributed by atoms with Gasteiger partial charge in [0.1, 0.15) is 0 Å². The molecule has 0 aromatic carbocycles. The number of aliphatic hydroxyl groups excluding tert-OH is 1. The number of hydrogen-bond donors (Lipinski definition) is 2. The van der Waals surface area contributed by atoms with Crippen LogP contribution in [0.4, 0.5) is 0 Å². The van der Waals surface area contributed by atoms with E-state index in [0.717, 1.165) is 17.7 Å². The van der Waals surface area contributed by atoms with Crippen LogP contribution in [0.3, 0.4) is 0 Å². The van der Waals surface area contributed by atoms with Gasteiger partial charge in [-0.2, -0.15) is 0 Å². The number of thiophene rings is 1. The minimum absolute atomic E-state index is 0.510. The maximum absolute atomic E-state index is 10.4. The third kappa shape index (κ3) is 2.54. The lowest BCUT2D eigenvalue weighted by atomic mass is 10.2. The van der Waals surface area contributed by atoms with Gasteiger partial charge in [-0.25, -0.2) is 4.79 Å². The van der Waals surface area contributed by atoms with E-state index < -0.39 is 12.1 Å². The van der Waals surface area contributed by atoms with Crippen LogP contribution in [-0.2, 0) is 11.2 Å². The molecule has 1 heterocycles. The van der Waals surface area contributed by atoms with Gasteiger partial charge in [-0.15, -0.1) is 11.3 Å². The lowest BCUT2D eigenvalue weighted by Crippen LogP contribution is -2.08. The van der Waals surface area contributed by atoms with Gasteiger partial charge < -0.3 is 10.2 Å². The maximum Gasteiger partial charge on any atom is 0.338 e. The standard InChI is InChI=1S/C9H12O3S/c1-2-3-6-4-5-7(13-6)8(10)9(11)12/h4-5,8,10H,2-3H2,1H3,(H,11,12). The van der Waals surface area contributed by atoms with Crippen molar-refractivity contribution in [3.8, 4) is 0 Å². The van der Waals surface area contributed by atoms with Crippen LogP contribution in [0.25, 0.3) is 0 Å². The smallest absolute Gasteiger partial charge is 0.338 e. The Balaban J connectivity index is 2.73. The molecule has 1 aromatic heterocycles. The quantitative estimate of drug-likeness (QED) is 0.779. The Hall–Kier alpha value is -0.870. The number of aliphatic carboxylic acids is 1. The maximum atomic E-state index is 10.4. The molecule has 1 rings (SSSR count). The first kappa shape index (κ1) is 10.2. The van der Waals surface area contributed by atoms with Gasteiger partial charge in [-0.3, -0.25) is 0 Å². The Labute approximate surface area is 80.6 Å². The normalized spacial score (nSPS) is 12.8. The summed E-state index contributed by atoms with van der Waals surface area (Å²) in [4.78, 5) is 12.1. The van der Waals surface area contributed by atoms with Crippen molar-refractivity contribution in [2.45, 2.75) is 25.9 Å². The lowest BCUT2D eigenvalue weighted by Gasteiger charge is -1.99. The van der Waals surface area contributed by atoms with Crippen LogP contribution >= 0.6 is 11.3 Å². The highest BCUT2D eigenvalue weighted by atomic mass is 32.1. The molecule has 13 heavy (non-hydrogen) atoms. The lowest BCUT2D eigenvalue weighted by molar-refractivity contribution is -0.146. The number of rotatable bonds is 4. The van der Waals surface area contributed by atoms with Crippen molar-refractivity contribution in [2.24, 2.45) is 0 Å². The fourth-order valence-corrected chi connectivity index (χ4v) is 2.14. The summed E-state index contributed by atoms with van der Waals surface area (Å²) < 4.78 is 0. The van der Waals surface area contributed by atoms with E-state index in [-0.39, 0.29) is 0 Å². The number of aliphatic hydroxyl groups is 1. The predicted octanol–water partition coefficient (Wildman–Crippen LogP) is 1.82. The molecule has 0 amide bonds. The van der Waals surface area contributed by atoms with E-state index in [4.69, 9.17) is 5.11 Å². The summed E-state index contributed by atoms with van der Waals surface area (Å²) in [5.41, 5.74) is 0. The van der Waals surface area contributed by atoms with Crippen molar-refractivity contribution >= 4 is 17.3 Å². The van der Waals surface area contributed by atoms with Crippen molar-refractivity contribution in [1.82, 2.24) is 0 Å². The fourth-order valence-electron chi connectivity index (χ4n) is 1.04. The molecule has 1 aromatic rings. The number of aryl methyl sites for hydroxylation is 1. The summed E-state index contributed by atoms with van der Waals surface area (Å²) in [5.74, 6) is -1.19. The molecular weight excluding hydrogens is 188 g/mol. The van der Waals surface area contributed by atoms with E-state index in [0.29, 0.717) is 4.88 Å². The zero-order valence-electron chi connectivity index (χ0n) is 7.36. The van der Waals surface area contributed by atoms with Gasteiger partial charge in [0.2, 0.25) is 0 Å². The summed E-state index contributed by atoms with van der Waals surface area (Å²) in [6, 6.07) is 3.55. The van der Waals surface area contributed by atoms with Crippen molar-refractivity contribution in [3.63, 3.8) is 0 Å². The van der Waals surface area contributed by atoms with Gasteiger partial charge in [0.15, 0.2) is 6.10 Å². The number of carbonyl (C=O) groups is 1. The Morgan fingerprint density at radius 2 is 2.31 bits per heavy atom. The van der Waals surface area contributed by atoms with Crippen LogP contribution in [-0.4, -0.2) is 16.2 Å². The summed E-state index contributed by atoms with van der Waals surface area (Å²) in [5, 5.41) is 17.7. The van der Waals surface area contributed by atoms with Gasteiger partial charge in [-0.1, -0.05) is 13.3 Å². The third-order valence-corrected chi connectivity index (χ3v) is 2.88. The van der Waals surface area contributed by atoms with E-state index in [1.165, 1.54) is 11.3 Å². The highest BCUT2D eigenvalue weighted by molar-refractivity contribution is 7.12. The molecule has 0 fully saturated rings. The van der Waals surface area contributed by atoms with Crippen LogP contribution in [0.1, 0.15) is 29.2 Å². The summed E-state index contributed by atoms with van der Waals surface area (Å²) in [6.07, 6.45) is 0.607. The highest BCUT2D eigenvalue weighted by Gasteiger charge is 2.17. The molecular formula is C9H12O3S. The third-order valence-electron chi connectivity index (χ3n) is 1.68. The molecule has 1 unspecified atom stereocenters. The number of hydrogen-bond acceptors (Lipinski definition) is 3. The first-order chi connectivity index (χ1) is 6.15. The van der Waals surface area contributed by atoms with E-state index in [1.807, 2.05) is 6.07 Å². The molecule has 4 heteroatoms. The Kier molecular flexibility index (Phi) is 3.45. The summed E-state index contributed by atoms with van der Waals surface area (Å²) in [7, 11) is 0. The summed E-state index contributed by atoms with van der Waals surface area (Å²) >= 11 is 1.36. The fraction of sp³-hybridized carbons (Fsp3) is 0.444. The molecule has 72 valence electrons. The van der Waals surface area contributed by atoms with E-state index in [1.54, 1.807) is 6.07 Å². The summed E-state index contributed by atoms with van der Waals surface area (Å²) in [6.45, 7) is 2.06. The number of carboxylic acids is 1. The van der Waals surface area contributed by atoms with E-state index in [9.17, 15) is 9.90 Å². The first-order valence-corrected chi connectivity index (χ1v) is 4.96. The van der Waals surface area contributed by atoms with Gasteiger partial charge in [-0.05, 0) is 18.6 Å². The molecule has 0 saturated heterocycles. The topological polar surface area (TPSA) is 57.5 Å². The van der Waals surface area contributed by atoms with Gasteiger partial charge in [0.05, 0.1) is 0 Å². The molecule has 0 aliphatic heterocycles. The Morgan fingerprint density at radius 3 is 2.85 bits per heavy atom. The second-order valence-electron chi connectivity index (χ2n) is 2.79. The second kappa shape index (κ2) is 4.39. The van der Waals surface area contributed by atoms with Crippen molar-refractivity contribution < 1.29 is 15.0 Å². The van der Waals surface area contributed by atoms with Crippen LogP contribution in [0, 0.1) is 0 Å². The molecule has 1 atom stereocenters.